The molecular weight excluding hydrogens is 399 g/mol. The number of aryl methyl sites for hydroxylation is 1. The molecule has 1 aromatic carbocycles. The molecule has 0 saturated carbocycles. The Morgan fingerprint density at radius 1 is 1.20 bits per heavy atom. The van der Waals surface area contributed by atoms with Crippen molar-refractivity contribution in [3.8, 4) is 0 Å². The van der Waals surface area contributed by atoms with Crippen LogP contribution in [0.1, 0.15) is 64.0 Å². The molecule has 162 valence electrons. The summed E-state index contributed by atoms with van der Waals surface area (Å²) in [5.41, 5.74) is 2.69. The fourth-order valence-electron chi connectivity index (χ4n) is 3.27. The van der Waals surface area contributed by atoms with Crippen LogP contribution in [0.5, 0.6) is 0 Å². The van der Waals surface area contributed by atoms with E-state index in [2.05, 4.69) is 69.6 Å². The molecule has 1 fully saturated rings. The van der Waals surface area contributed by atoms with Gasteiger partial charge in [0.25, 0.3) is 0 Å². The summed E-state index contributed by atoms with van der Waals surface area (Å²) < 4.78 is 17.6. The third-order valence-corrected chi connectivity index (χ3v) is 6.57. The number of esters is 1. The van der Waals surface area contributed by atoms with Crippen molar-refractivity contribution in [3.05, 3.63) is 34.8 Å². The van der Waals surface area contributed by atoms with E-state index in [4.69, 9.17) is 14.0 Å². The molecule has 0 aliphatic carbocycles. The quantitative estimate of drug-likeness (QED) is 0.477. The van der Waals surface area contributed by atoms with Crippen molar-refractivity contribution >= 4 is 40.7 Å². The van der Waals surface area contributed by atoms with E-state index in [1.807, 2.05) is 0 Å². The number of carbonyl (C=O) groups is 1. The van der Waals surface area contributed by atoms with Gasteiger partial charge in [-0.2, -0.15) is 0 Å². The minimum atomic E-state index is -0.427. The first-order chi connectivity index (χ1) is 14.1. The Hall–Kier alpha value is -1.90. The molecule has 0 unspecified atom stereocenters. The van der Waals surface area contributed by atoms with Gasteiger partial charge >= 0.3 is 13.1 Å². The maximum absolute atomic E-state index is 12.1. The predicted molar refractivity (Wildman–Crippen MR) is 122 cm³/mol. The van der Waals surface area contributed by atoms with Crippen molar-refractivity contribution in [2.45, 2.75) is 66.1 Å². The standard InChI is InChI=1S/C22H31BN2O4S/c1-8-12-25(20-24-17(14-30-20)19(26)27-9-2)18-13-16(11-10-15(18)3)23-28-21(4,5)22(6,7)29-23/h10-11,13-14H,8-9,12H2,1-7H3. The lowest BCUT2D eigenvalue weighted by Crippen LogP contribution is -2.41. The Balaban J connectivity index is 1.94. The lowest BCUT2D eigenvalue weighted by molar-refractivity contribution is 0.00578. The van der Waals surface area contributed by atoms with Gasteiger partial charge in [0.15, 0.2) is 10.8 Å². The summed E-state index contributed by atoms with van der Waals surface area (Å²) in [5.74, 6) is -0.390. The van der Waals surface area contributed by atoms with Gasteiger partial charge in [-0.15, -0.1) is 11.3 Å². The Labute approximate surface area is 183 Å². The predicted octanol–water partition coefficient (Wildman–Crippen LogP) is 4.48. The van der Waals surface area contributed by atoms with Crippen LogP contribution in [0.4, 0.5) is 10.8 Å². The summed E-state index contributed by atoms with van der Waals surface area (Å²) in [7, 11) is -0.427. The molecule has 1 saturated heterocycles. The van der Waals surface area contributed by atoms with Crippen LogP contribution in [0, 0.1) is 6.92 Å². The number of anilines is 2. The van der Waals surface area contributed by atoms with E-state index in [-0.39, 0.29) is 5.97 Å². The van der Waals surface area contributed by atoms with Crippen molar-refractivity contribution in [1.29, 1.82) is 0 Å². The van der Waals surface area contributed by atoms with Crippen molar-refractivity contribution in [2.24, 2.45) is 0 Å². The molecule has 1 aliphatic rings. The Kier molecular flexibility index (Phi) is 6.60. The minimum absolute atomic E-state index is 0.333. The van der Waals surface area contributed by atoms with Crippen molar-refractivity contribution in [2.75, 3.05) is 18.1 Å². The molecule has 30 heavy (non-hydrogen) atoms. The monoisotopic (exact) mass is 430 g/mol. The maximum Gasteiger partial charge on any atom is 0.494 e. The second-order valence-electron chi connectivity index (χ2n) is 8.52. The van der Waals surface area contributed by atoms with E-state index in [9.17, 15) is 4.79 Å². The highest BCUT2D eigenvalue weighted by atomic mass is 32.1. The van der Waals surface area contributed by atoms with E-state index in [1.165, 1.54) is 11.3 Å². The second-order valence-corrected chi connectivity index (χ2v) is 9.36. The normalized spacial score (nSPS) is 17.2. The average molecular weight is 430 g/mol. The summed E-state index contributed by atoms with van der Waals surface area (Å²) in [6.07, 6.45) is 0.939. The van der Waals surface area contributed by atoms with Crippen LogP contribution in [-0.4, -0.2) is 42.4 Å². The number of ether oxygens (including phenoxy) is 1. The van der Waals surface area contributed by atoms with Gasteiger partial charge in [-0.1, -0.05) is 19.1 Å². The van der Waals surface area contributed by atoms with Crippen LogP contribution in [0.3, 0.4) is 0 Å². The van der Waals surface area contributed by atoms with Gasteiger partial charge in [-0.3, -0.25) is 0 Å². The van der Waals surface area contributed by atoms with Crippen LogP contribution < -0.4 is 10.4 Å². The van der Waals surface area contributed by atoms with E-state index in [0.717, 1.165) is 34.8 Å². The molecule has 2 heterocycles. The van der Waals surface area contributed by atoms with E-state index in [1.54, 1.807) is 12.3 Å². The van der Waals surface area contributed by atoms with Crippen LogP contribution in [0.2, 0.25) is 0 Å². The van der Waals surface area contributed by atoms with Gasteiger partial charge in [0.05, 0.1) is 17.8 Å². The topological polar surface area (TPSA) is 60.9 Å². The van der Waals surface area contributed by atoms with E-state index >= 15 is 0 Å². The number of thiazole rings is 1. The summed E-state index contributed by atoms with van der Waals surface area (Å²) in [6.45, 7) is 15.3. The fraction of sp³-hybridized carbons (Fsp3) is 0.545. The first-order valence-electron chi connectivity index (χ1n) is 10.5. The number of carbonyl (C=O) groups excluding carboxylic acids is 1. The number of nitrogens with zero attached hydrogens (tertiary/aromatic N) is 2. The molecule has 0 radical (unpaired) electrons. The van der Waals surface area contributed by atoms with Crippen LogP contribution >= 0.6 is 11.3 Å². The SMILES string of the molecule is CCCN(c1nc(C(=O)OCC)cs1)c1cc(B2OC(C)(C)C(C)(C)O2)ccc1C. The highest BCUT2D eigenvalue weighted by Gasteiger charge is 2.51. The smallest absolute Gasteiger partial charge is 0.461 e. The molecule has 3 rings (SSSR count). The van der Waals surface area contributed by atoms with Gasteiger partial charge in [0.1, 0.15) is 0 Å². The van der Waals surface area contributed by atoms with Gasteiger partial charge in [0.2, 0.25) is 0 Å². The van der Waals surface area contributed by atoms with Crippen molar-refractivity contribution < 1.29 is 18.8 Å². The number of rotatable bonds is 7. The number of hydrogen-bond acceptors (Lipinski definition) is 7. The van der Waals surface area contributed by atoms with Crippen LogP contribution in [0.15, 0.2) is 23.6 Å². The van der Waals surface area contributed by atoms with Crippen molar-refractivity contribution in [1.82, 2.24) is 4.98 Å². The number of aromatic nitrogens is 1. The minimum Gasteiger partial charge on any atom is -0.461 e. The lowest BCUT2D eigenvalue weighted by Gasteiger charge is -2.32. The van der Waals surface area contributed by atoms with Crippen LogP contribution in [-0.2, 0) is 14.0 Å². The molecule has 0 bridgehead atoms. The zero-order chi connectivity index (χ0) is 22.1. The molecule has 6 nitrogen and oxygen atoms in total. The summed E-state index contributed by atoms with van der Waals surface area (Å²) in [5, 5.41) is 2.53. The zero-order valence-electron chi connectivity index (χ0n) is 18.9. The highest BCUT2D eigenvalue weighted by Crippen LogP contribution is 2.37. The largest absolute Gasteiger partial charge is 0.494 e. The van der Waals surface area contributed by atoms with Crippen molar-refractivity contribution in [3.63, 3.8) is 0 Å². The third kappa shape index (κ3) is 4.41. The maximum atomic E-state index is 12.1. The molecule has 1 aromatic heterocycles. The summed E-state index contributed by atoms with van der Waals surface area (Å²) >= 11 is 1.44. The third-order valence-electron chi connectivity index (χ3n) is 5.70. The Bertz CT molecular complexity index is 896. The lowest BCUT2D eigenvalue weighted by atomic mass is 9.78. The Morgan fingerprint density at radius 3 is 2.47 bits per heavy atom. The number of benzene rings is 1. The highest BCUT2D eigenvalue weighted by molar-refractivity contribution is 7.14. The average Bonchev–Trinajstić information content (AvgIpc) is 3.23. The molecule has 0 atom stereocenters. The molecule has 2 aromatic rings. The first-order valence-corrected chi connectivity index (χ1v) is 11.3. The molecule has 0 amide bonds. The molecule has 8 heteroatoms. The number of hydrogen-bond donors (Lipinski definition) is 0. The van der Waals surface area contributed by atoms with E-state index < -0.39 is 18.3 Å². The summed E-state index contributed by atoms with van der Waals surface area (Å²) in [6, 6.07) is 6.24. The van der Waals surface area contributed by atoms with Gasteiger partial charge in [0, 0.05) is 17.6 Å². The second kappa shape index (κ2) is 8.69. The zero-order valence-corrected chi connectivity index (χ0v) is 19.8. The molecular formula is C22H31BN2O4S. The van der Waals surface area contributed by atoms with Gasteiger partial charge in [-0.05, 0) is 65.1 Å². The van der Waals surface area contributed by atoms with Crippen LogP contribution in [0.25, 0.3) is 0 Å². The summed E-state index contributed by atoms with van der Waals surface area (Å²) in [4.78, 5) is 18.8. The molecule has 0 N–H and O–H groups in total. The molecule has 0 spiro atoms. The van der Waals surface area contributed by atoms with Gasteiger partial charge < -0.3 is 18.9 Å². The Morgan fingerprint density at radius 2 is 1.87 bits per heavy atom. The fourth-order valence-corrected chi connectivity index (χ4v) is 4.11. The van der Waals surface area contributed by atoms with Gasteiger partial charge in [-0.25, -0.2) is 9.78 Å². The van der Waals surface area contributed by atoms with E-state index in [0.29, 0.717) is 12.3 Å². The molecule has 1 aliphatic heterocycles. The first kappa shape index (κ1) is 22.8.